The van der Waals surface area contributed by atoms with Crippen LogP contribution in [0.5, 0.6) is 5.75 Å². The first-order valence-electron chi connectivity index (χ1n) is 9.99. The van der Waals surface area contributed by atoms with Gasteiger partial charge in [-0.1, -0.05) is 49.3 Å². The molecule has 7 nitrogen and oxygen atoms in total. The smallest absolute Gasteiger partial charge is 0.295 e. The lowest BCUT2D eigenvalue weighted by Crippen LogP contribution is -2.32. The molecule has 0 bridgehead atoms. The van der Waals surface area contributed by atoms with Crippen LogP contribution >= 0.6 is 0 Å². The average Bonchev–Trinajstić information content (AvgIpc) is 3.41. The Morgan fingerprint density at radius 2 is 1.77 bits per heavy atom. The van der Waals surface area contributed by atoms with Gasteiger partial charge in [0.1, 0.15) is 29.4 Å². The predicted molar refractivity (Wildman–Crippen MR) is 114 cm³/mol. The Labute approximate surface area is 179 Å². The minimum Gasteiger partial charge on any atom is -0.496 e. The molecule has 2 heterocycles. The Morgan fingerprint density at radius 3 is 2.39 bits per heavy atom. The van der Waals surface area contributed by atoms with Crippen molar-refractivity contribution in [2.45, 2.75) is 19.9 Å². The predicted octanol–water partition coefficient (Wildman–Crippen LogP) is 3.85. The van der Waals surface area contributed by atoms with Crippen molar-refractivity contribution in [3.8, 4) is 17.0 Å². The summed E-state index contributed by atoms with van der Waals surface area (Å²) in [5.74, 6) is -2.65. The van der Waals surface area contributed by atoms with Crippen molar-refractivity contribution in [1.29, 1.82) is 0 Å². The fourth-order valence-corrected chi connectivity index (χ4v) is 3.98. The molecular formula is C24H22N2O5. The van der Waals surface area contributed by atoms with Gasteiger partial charge in [-0.05, 0) is 18.2 Å². The Hall–Kier alpha value is -3.74. The maximum absolute atomic E-state index is 13.1. The number of rotatable bonds is 6. The highest BCUT2D eigenvalue weighted by atomic mass is 16.5. The van der Waals surface area contributed by atoms with E-state index in [1.165, 1.54) is 18.3 Å². The van der Waals surface area contributed by atoms with Crippen molar-refractivity contribution >= 4 is 23.2 Å². The summed E-state index contributed by atoms with van der Waals surface area (Å²) < 4.78 is 10.4. The van der Waals surface area contributed by atoms with Crippen molar-refractivity contribution < 1.29 is 23.6 Å². The summed E-state index contributed by atoms with van der Waals surface area (Å²) in [6.45, 7) is 3.46. The summed E-state index contributed by atoms with van der Waals surface area (Å²) in [5, 5.41) is 3.91. The third kappa shape index (κ3) is 3.52. The van der Waals surface area contributed by atoms with E-state index in [9.17, 15) is 14.4 Å². The standard InChI is InChI=1S/C24H22N2O5/c1-14(2)22(27)20-21(17-6-4-5-7-19(17)30-3)26(24(29)23(20)28)16-10-8-15(9-11-16)18-12-13-31-25-18/h4-14,20-21H,1-3H3. The molecule has 0 aliphatic carbocycles. The second-order valence-corrected chi connectivity index (χ2v) is 7.69. The number of anilines is 1. The van der Waals surface area contributed by atoms with Crippen molar-refractivity contribution in [3.05, 3.63) is 66.4 Å². The van der Waals surface area contributed by atoms with Gasteiger partial charge in [-0.3, -0.25) is 19.3 Å². The van der Waals surface area contributed by atoms with Crippen molar-refractivity contribution in [3.63, 3.8) is 0 Å². The fraction of sp³-hybridized carbons (Fsp3) is 0.250. The van der Waals surface area contributed by atoms with Crippen LogP contribution in [0.3, 0.4) is 0 Å². The van der Waals surface area contributed by atoms with E-state index in [0.29, 0.717) is 22.7 Å². The van der Waals surface area contributed by atoms with Gasteiger partial charge >= 0.3 is 0 Å². The number of hydrogen-bond acceptors (Lipinski definition) is 6. The number of hydrogen-bond donors (Lipinski definition) is 0. The van der Waals surface area contributed by atoms with E-state index in [-0.39, 0.29) is 5.78 Å². The van der Waals surface area contributed by atoms with Crippen LogP contribution < -0.4 is 9.64 Å². The molecule has 0 radical (unpaired) electrons. The third-order valence-electron chi connectivity index (χ3n) is 5.52. The fourth-order valence-electron chi connectivity index (χ4n) is 3.98. The molecule has 7 heteroatoms. The van der Waals surface area contributed by atoms with Gasteiger partial charge < -0.3 is 9.26 Å². The largest absolute Gasteiger partial charge is 0.496 e. The van der Waals surface area contributed by atoms with E-state index < -0.39 is 29.6 Å². The summed E-state index contributed by atoms with van der Waals surface area (Å²) >= 11 is 0. The van der Waals surface area contributed by atoms with Crippen LogP contribution in [0.1, 0.15) is 25.5 Å². The van der Waals surface area contributed by atoms with E-state index >= 15 is 0 Å². The first kappa shape index (κ1) is 20.5. The van der Waals surface area contributed by atoms with Gasteiger partial charge in [0.05, 0.1) is 13.2 Å². The molecule has 4 rings (SSSR count). The summed E-state index contributed by atoms with van der Waals surface area (Å²) in [7, 11) is 1.52. The molecule has 1 aliphatic rings. The second-order valence-electron chi connectivity index (χ2n) is 7.69. The molecule has 1 aromatic heterocycles. The number of para-hydroxylation sites is 1. The van der Waals surface area contributed by atoms with E-state index in [1.807, 2.05) is 0 Å². The van der Waals surface area contributed by atoms with E-state index in [0.717, 1.165) is 5.56 Å². The molecule has 2 aromatic carbocycles. The number of carbonyl (C=O) groups is 3. The zero-order chi connectivity index (χ0) is 22.1. The van der Waals surface area contributed by atoms with Gasteiger partial charge in [-0.15, -0.1) is 0 Å². The SMILES string of the molecule is COc1ccccc1C1C(C(=O)C(C)C)C(=O)C(=O)N1c1ccc(-c2ccon2)cc1. The van der Waals surface area contributed by atoms with E-state index in [1.54, 1.807) is 68.4 Å². The molecule has 1 saturated heterocycles. The highest BCUT2D eigenvalue weighted by Gasteiger charge is 2.53. The van der Waals surface area contributed by atoms with Crippen LogP contribution in [0.2, 0.25) is 0 Å². The quantitative estimate of drug-likeness (QED) is 0.446. The molecule has 2 unspecified atom stereocenters. The minimum absolute atomic E-state index is 0.268. The third-order valence-corrected chi connectivity index (χ3v) is 5.52. The molecule has 1 aliphatic heterocycles. The van der Waals surface area contributed by atoms with Gasteiger partial charge in [-0.2, -0.15) is 0 Å². The first-order valence-corrected chi connectivity index (χ1v) is 9.99. The number of benzene rings is 2. The van der Waals surface area contributed by atoms with E-state index in [2.05, 4.69) is 5.16 Å². The summed E-state index contributed by atoms with van der Waals surface area (Å²) in [5.41, 5.74) is 2.59. The van der Waals surface area contributed by atoms with Gasteiger partial charge in [-0.25, -0.2) is 0 Å². The maximum atomic E-state index is 13.1. The summed E-state index contributed by atoms with van der Waals surface area (Å²) in [6.07, 6.45) is 1.48. The van der Waals surface area contributed by atoms with Gasteiger partial charge in [0.2, 0.25) is 5.78 Å². The van der Waals surface area contributed by atoms with Crippen molar-refractivity contribution in [2.75, 3.05) is 12.0 Å². The van der Waals surface area contributed by atoms with Crippen LogP contribution in [0, 0.1) is 11.8 Å². The molecular weight excluding hydrogens is 396 g/mol. The molecule has 0 N–H and O–H groups in total. The normalized spacial score (nSPS) is 18.6. The maximum Gasteiger partial charge on any atom is 0.295 e. The molecule has 1 amide bonds. The van der Waals surface area contributed by atoms with Gasteiger partial charge in [0.25, 0.3) is 5.91 Å². The van der Waals surface area contributed by atoms with Crippen LogP contribution in [-0.2, 0) is 14.4 Å². The molecule has 1 fully saturated rings. The second kappa shape index (κ2) is 8.18. The Morgan fingerprint density at radius 1 is 1.06 bits per heavy atom. The number of amides is 1. The molecule has 3 aromatic rings. The monoisotopic (exact) mass is 418 g/mol. The molecule has 0 spiro atoms. The lowest BCUT2D eigenvalue weighted by atomic mass is 9.84. The molecule has 0 saturated carbocycles. The van der Waals surface area contributed by atoms with Crippen LogP contribution in [0.25, 0.3) is 11.3 Å². The Bertz CT molecular complexity index is 1120. The number of methoxy groups -OCH3 is 1. The number of ether oxygens (including phenoxy) is 1. The van der Waals surface area contributed by atoms with Crippen LogP contribution in [0.4, 0.5) is 5.69 Å². The topological polar surface area (TPSA) is 89.7 Å². The van der Waals surface area contributed by atoms with Crippen molar-refractivity contribution in [1.82, 2.24) is 5.16 Å². The number of Topliss-reactive ketones (excluding diaryl/α,β-unsaturated/α-hetero) is 2. The number of carbonyl (C=O) groups excluding carboxylic acids is 3. The van der Waals surface area contributed by atoms with Gasteiger partial charge in [0, 0.05) is 28.8 Å². The first-order chi connectivity index (χ1) is 14.9. The number of aromatic nitrogens is 1. The summed E-state index contributed by atoms with van der Waals surface area (Å²) in [4.78, 5) is 40.5. The number of nitrogens with zero attached hydrogens (tertiary/aromatic N) is 2. The Kier molecular flexibility index (Phi) is 5.42. The van der Waals surface area contributed by atoms with Crippen molar-refractivity contribution in [2.24, 2.45) is 11.8 Å². The minimum atomic E-state index is -1.10. The Balaban J connectivity index is 1.83. The van der Waals surface area contributed by atoms with Gasteiger partial charge in [0.15, 0.2) is 0 Å². The zero-order valence-corrected chi connectivity index (χ0v) is 17.4. The van der Waals surface area contributed by atoms with Crippen LogP contribution in [-0.4, -0.2) is 29.7 Å². The molecule has 31 heavy (non-hydrogen) atoms. The summed E-state index contributed by atoms with van der Waals surface area (Å²) in [6, 6.07) is 15.1. The lowest BCUT2D eigenvalue weighted by molar-refractivity contribution is -0.139. The molecule has 2 atom stereocenters. The highest BCUT2D eigenvalue weighted by molar-refractivity contribution is 6.48. The van der Waals surface area contributed by atoms with E-state index in [4.69, 9.17) is 9.26 Å². The average molecular weight is 418 g/mol. The zero-order valence-electron chi connectivity index (χ0n) is 17.4. The number of ketones is 2. The lowest BCUT2D eigenvalue weighted by Gasteiger charge is -2.29. The highest BCUT2D eigenvalue weighted by Crippen LogP contribution is 2.44. The van der Waals surface area contributed by atoms with Crippen LogP contribution in [0.15, 0.2) is 65.4 Å². The molecule has 158 valence electrons.